The molecule has 0 saturated carbocycles. The van der Waals surface area contributed by atoms with Crippen LogP contribution in [0.5, 0.6) is 0 Å². The van der Waals surface area contributed by atoms with Crippen LogP contribution in [0.2, 0.25) is 0 Å². The minimum absolute atomic E-state index is 0.0521. The SMILES string of the molecule is CC(C)(C)c1ccc2c(c1)=N[C](C(=O)O)C=2. The number of nitrogens with zero attached hydrogens (tertiary/aromatic N) is 1. The van der Waals surface area contributed by atoms with Gasteiger partial charge in [0.25, 0.3) is 0 Å². The summed E-state index contributed by atoms with van der Waals surface area (Å²) in [5.74, 6) is -0.978. The molecule has 0 saturated heterocycles. The maximum Gasteiger partial charge on any atom is 0.339 e. The second kappa shape index (κ2) is 3.44. The number of hydrogen-bond acceptors (Lipinski definition) is 2. The fourth-order valence-electron chi connectivity index (χ4n) is 1.65. The van der Waals surface area contributed by atoms with Gasteiger partial charge >= 0.3 is 5.97 Å². The Morgan fingerprint density at radius 2 is 2.00 bits per heavy atom. The van der Waals surface area contributed by atoms with E-state index in [2.05, 4.69) is 25.8 Å². The summed E-state index contributed by atoms with van der Waals surface area (Å²) in [5.41, 5.74) is 1.21. The third-order valence-corrected chi connectivity index (χ3v) is 2.65. The minimum Gasteiger partial charge on any atom is -0.479 e. The lowest BCUT2D eigenvalue weighted by Crippen LogP contribution is -2.24. The molecule has 0 aliphatic carbocycles. The van der Waals surface area contributed by atoms with Gasteiger partial charge in [-0.05, 0) is 28.3 Å². The number of rotatable bonds is 1. The van der Waals surface area contributed by atoms with Gasteiger partial charge in [-0.25, -0.2) is 4.79 Å². The number of carbonyl (C=O) groups is 1. The molecule has 0 aromatic heterocycles. The second-order valence-corrected chi connectivity index (χ2v) is 4.97. The van der Waals surface area contributed by atoms with E-state index < -0.39 is 5.97 Å². The first-order chi connectivity index (χ1) is 7.38. The fraction of sp³-hybridized carbons (Fsp3) is 0.308. The zero-order chi connectivity index (χ0) is 11.9. The van der Waals surface area contributed by atoms with Crippen molar-refractivity contribution in [1.29, 1.82) is 0 Å². The largest absolute Gasteiger partial charge is 0.479 e. The van der Waals surface area contributed by atoms with Crippen molar-refractivity contribution in [2.75, 3.05) is 0 Å². The lowest BCUT2D eigenvalue weighted by Gasteiger charge is -2.18. The highest BCUT2D eigenvalue weighted by Crippen LogP contribution is 2.20. The molecule has 0 bridgehead atoms. The van der Waals surface area contributed by atoms with Crippen molar-refractivity contribution in [2.24, 2.45) is 4.99 Å². The molecule has 0 unspecified atom stereocenters. The van der Waals surface area contributed by atoms with Gasteiger partial charge in [0.15, 0.2) is 0 Å². The van der Waals surface area contributed by atoms with Crippen molar-refractivity contribution in [3.8, 4) is 0 Å². The molecular weight excluding hydrogens is 202 g/mol. The third-order valence-electron chi connectivity index (χ3n) is 2.65. The number of carboxylic acid groups (broad SMARTS) is 1. The molecule has 1 N–H and O–H groups in total. The molecule has 1 aliphatic rings. The monoisotopic (exact) mass is 216 g/mol. The van der Waals surface area contributed by atoms with Gasteiger partial charge in [0.05, 0.1) is 5.36 Å². The van der Waals surface area contributed by atoms with Crippen molar-refractivity contribution in [3.63, 3.8) is 0 Å². The molecule has 2 rings (SSSR count). The van der Waals surface area contributed by atoms with E-state index in [0.717, 1.165) is 16.1 Å². The molecule has 1 heterocycles. The molecule has 1 aliphatic heterocycles. The Labute approximate surface area is 94.1 Å². The van der Waals surface area contributed by atoms with E-state index in [1.807, 2.05) is 18.2 Å². The number of aliphatic carboxylic acids is 1. The van der Waals surface area contributed by atoms with Crippen molar-refractivity contribution in [1.82, 2.24) is 0 Å². The summed E-state index contributed by atoms with van der Waals surface area (Å²) in [6.45, 7) is 6.36. The Morgan fingerprint density at radius 1 is 1.31 bits per heavy atom. The molecule has 1 radical (unpaired) electrons. The maximum absolute atomic E-state index is 10.8. The second-order valence-electron chi connectivity index (χ2n) is 4.97. The molecule has 3 nitrogen and oxygen atoms in total. The zero-order valence-electron chi connectivity index (χ0n) is 9.61. The maximum atomic E-state index is 10.8. The van der Waals surface area contributed by atoms with Crippen LogP contribution in [0, 0.1) is 6.04 Å². The summed E-state index contributed by atoms with van der Waals surface area (Å²) < 4.78 is 0. The van der Waals surface area contributed by atoms with Crippen molar-refractivity contribution < 1.29 is 9.90 Å². The summed E-state index contributed by atoms with van der Waals surface area (Å²) in [7, 11) is 0. The van der Waals surface area contributed by atoms with Gasteiger partial charge in [-0.15, -0.1) is 0 Å². The quantitative estimate of drug-likeness (QED) is 0.761. The Bertz CT molecular complexity index is 552. The highest BCUT2D eigenvalue weighted by atomic mass is 16.4. The van der Waals surface area contributed by atoms with Crippen LogP contribution in [-0.2, 0) is 10.2 Å². The highest BCUT2D eigenvalue weighted by Gasteiger charge is 2.20. The summed E-state index contributed by atoms with van der Waals surface area (Å²) in [5, 5.41) is 10.5. The van der Waals surface area contributed by atoms with E-state index in [4.69, 9.17) is 5.11 Å². The molecule has 0 fully saturated rings. The van der Waals surface area contributed by atoms with E-state index in [9.17, 15) is 4.79 Å². The summed E-state index contributed by atoms with van der Waals surface area (Å²) >= 11 is 0. The van der Waals surface area contributed by atoms with Gasteiger partial charge in [-0.3, -0.25) is 4.99 Å². The Morgan fingerprint density at radius 3 is 2.56 bits per heavy atom. The minimum atomic E-state index is -0.978. The van der Waals surface area contributed by atoms with Gasteiger partial charge in [0.1, 0.15) is 0 Å². The summed E-state index contributed by atoms with van der Waals surface area (Å²) in [4.78, 5) is 14.9. The topological polar surface area (TPSA) is 49.7 Å². The summed E-state index contributed by atoms with van der Waals surface area (Å²) in [6, 6.07) is 6.02. The Kier molecular flexibility index (Phi) is 2.34. The van der Waals surface area contributed by atoms with Gasteiger partial charge in [0.2, 0.25) is 6.04 Å². The average molecular weight is 216 g/mol. The molecule has 1 aromatic carbocycles. The molecule has 16 heavy (non-hydrogen) atoms. The highest BCUT2D eigenvalue weighted by molar-refractivity contribution is 5.92. The van der Waals surface area contributed by atoms with Crippen LogP contribution in [0.25, 0.3) is 6.08 Å². The van der Waals surface area contributed by atoms with E-state index in [-0.39, 0.29) is 11.5 Å². The molecule has 0 amide bonds. The van der Waals surface area contributed by atoms with Crippen molar-refractivity contribution in [2.45, 2.75) is 26.2 Å². The molecule has 0 spiro atoms. The van der Waals surface area contributed by atoms with Crippen LogP contribution < -0.4 is 10.6 Å². The molecular formula is C13H14NO2. The van der Waals surface area contributed by atoms with Crippen LogP contribution in [0.4, 0.5) is 0 Å². The summed E-state index contributed by atoms with van der Waals surface area (Å²) in [6.07, 6.45) is 1.60. The zero-order valence-corrected chi connectivity index (χ0v) is 9.61. The lowest BCUT2D eigenvalue weighted by molar-refractivity contribution is -0.134. The van der Waals surface area contributed by atoms with Crippen LogP contribution in [-0.4, -0.2) is 11.1 Å². The van der Waals surface area contributed by atoms with Gasteiger partial charge in [0, 0.05) is 0 Å². The van der Waals surface area contributed by atoms with Gasteiger partial charge < -0.3 is 5.11 Å². The molecule has 83 valence electrons. The predicted molar refractivity (Wildman–Crippen MR) is 61.3 cm³/mol. The molecule has 0 atom stereocenters. The smallest absolute Gasteiger partial charge is 0.339 e. The predicted octanol–water partition coefficient (Wildman–Crippen LogP) is 1.01. The van der Waals surface area contributed by atoms with Crippen molar-refractivity contribution >= 4 is 12.0 Å². The van der Waals surface area contributed by atoms with E-state index in [0.29, 0.717) is 0 Å². The van der Waals surface area contributed by atoms with E-state index in [1.165, 1.54) is 0 Å². The van der Waals surface area contributed by atoms with E-state index in [1.54, 1.807) is 6.08 Å². The standard InChI is InChI=1S/C13H14NO2/c1-13(2,3)9-5-4-8-6-11(12(15)16)14-10(8)7-9/h4-7H,1-3H3,(H,15,16). The molecule has 3 heteroatoms. The number of carboxylic acids is 1. The number of fused-ring (bicyclic) bond motifs is 1. The Hall–Kier alpha value is -1.64. The lowest BCUT2D eigenvalue weighted by atomic mass is 9.87. The fourth-order valence-corrected chi connectivity index (χ4v) is 1.65. The van der Waals surface area contributed by atoms with E-state index >= 15 is 0 Å². The normalized spacial score (nSPS) is 15.2. The number of hydrogen-bond donors (Lipinski definition) is 1. The van der Waals surface area contributed by atoms with Crippen LogP contribution in [0.3, 0.4) is 0 Å². The number of benzene rings is 1. The van der Waals surface area contributed by atoms with Crippen LogP contribution in [0.1, 0.15) is 26.3 Å². The van der Waals surface area contributed by atoms with Gasteiger partial charge in [-0.2, -0.15) is 0 Å². The van der Waals surface area contributed by atoms with Crippen molar-refractivity contribution in [3.05, 3.63) is 40.4 Å². The third kappa shape index (κ3) is 1.85. The first-order valence-corrected chi connectivity index (χ1v) is 5.19. The first-order valence-electron chi connectivity index (χ1n) is 5.19. The van der Waals surface area contributed by atoms with Gasteiger partial charge in [-0.1, -0.05) is 32.9 Å². The van der Waals surface area contributed by atoms with Crippen LogP contribution in [0.15, 0.2) is 23.2 Å². The van der Waals surface area contributed by atoms with Crippen LogP contribution >= 0.6 is 0 Å². The Balaban J connectivity index is 2.54. The molecule has 1 aromatic rings. The average Bonchev–Trinajstić information content (AvgIpc) is 2.58. The first kappa shape index (κ1) is 10.9.